The van der Waals surface area contributed by atoms with Gasteiger partial charge in [-0.3, -0.25) is 0 Å². The van der Waals surface area contributed by atoms with Gasteiger partial charge in [-0.05, 0) is 40.4 Å². The van der Waals surface area contributed by atoms with Crippen LogP contribution in [0.25, 0.3) is 0 Å². The number of hydrogen-bond acceptors (Lipinski definition) is 3. The summed E-state index contributed by atoms with van der Waals surface area (Å²) in [5.74, 6) is 1.10. The molecule has 4 heteroatoms. The number of rotatable bonds is 4. The Kier molecular flexibility index (Phi) is 5.00. The Morgan fingerprint density at radius 3 is 2.80 bits per heavy atom. The first-order chi connectivity index (χ1) is 7.19. The molecule has 1 rings (SSSR count). The molecule has 2 nitrogen and oxygen atoms in total. The maximum atomic E-state index is 8.75. The van der Waals surface area contributed by atoms with Crippen molar-refractivity contribution in [3.63, 3.8) is 0 Å². The maximum absolute atomic E-state index is 8.75. The van der Waals surface area contributed by atoms with E-state index in [0.717, 1.165) is 22.5 Å². The van der Waals surface area contributed by atoms with Crippen LogP contribution in [0.4, 0.5) is 5.69 Å². The van der Waals surface area contributed by atoms with E-state index in [1.165, 1.54) is 0 Å². The molecule has 0 saturated carbocycles. The lowest BCUT2D eigenvalue weighted by Crippen LogP contribution is -2.20. The van der Waals surface area contributed by atoms with Crippen LogP contribution in [-0.2, 0) is 0 Å². The van der Waals surface area contributed by atoms with Crippen LogP contribution in [-0.4, -0.2) is 25.6 Å². The summed E-state index contributed by atoms with van der Waals surface area (Å²) in [5, 5.41) is 8.75. The van der Waals surface area contributed by atoms with Gasteiger partial charge in [-0.15, -0.1) is 0 Å². The van der Waals surface area contributed by atoms with Gasteiger partial charge in [0.05, 0.1) is 17.3 Å². The first-order valence-corrected chi connectivity index (χ1v) is 6.77. The number of thioether (sulfide) groups is 1. The fourth-order valence-corrected chi connectivity index (χ4v) is 2.37. The SMILES string of the molecule is CSCCN(C)c1ccc(C#N)cc1Br. The molecule has 0 radical (unpaired) electrons. The van der Waals surface area contributed by atoms with Crippen LogP contribution in [0.2, 0.25) is 0 Å². The lowest BCUT2D eigenvalue weighted by Gasteiger charge is -2.20. The van der Waals surface area contributed by atoms with Gasteiger partial charge < -0.3 is 4.90 Å². The number of nitriles is 1. The van der Waals surface area contributed by atoms with Crippen molar-refractivity contribution in [2.45, 2.75) is 0 Å². The second-order valence-electron chi connectivity index (χ2n) is 3.19. The zero-order valence-corrected chi connectivity index (χ0v) is 11.2. The lowest BCUT2D eigenvalue weighted by atomic mass is 10.2. The van der Waals surface area contributed by atoms with Crippen LogP contribution in [0.1, 0.15) is 5.56 Å². The van der Waals surface area contributed by atoms with Crippen LogP contribution in [0.3, 0.4) is 0 Å². The molecule has 80 valence electrons. The fraction of sp³-hybridized carbons (Fsp3) is 0.364. The Morgan fingerprint density at radius 2 is 2.27 bits per heavy atom. The molecule has 1 aromatic rings. The monoisotopic (exact) mass is 284 g/mol. The molecule has 0 spiro atoms. The largest absolute Gasteiger partial charge is 0.373 e. The number of anilines is 1. The topological polar surface area (TPSA) is 27.0 Å². The van der Waals surface area contributed by atoms with Crippen molar-refractivity contribution in [3.05, 3.63) is 28.2 Å². The third-order valence-corrected chi connectivity index (χ3v) is 3.34. The van der Waals surface area contributed by atoms with Gasteiger partial charge in [-0.1, -0.05) is 0 Å². The molecule has 0 aromatic heterocycles. The molecule has 0 saturated heterocycles. The van der Waals surface area contributed by atoms with Crippen LogP contribution >= 0.6 is 27.7 Å². The highest BCUT2D eigenvalue weighted by atomic mass is 79.9. The summed E-state index contributed by atoms with van der Waals surface area (Å²) in [4.78, 5) is 2.18. The normalized spacial score (nSPS) is 9.73. The van der Waals surface area contributed by atoms with Crippen LogP contribution < -0.4 is 4.90 Å². The third kappa shape index (κ3) is 3.44. The molecule has 0 amide bonds. The molecule has 0 aliphatic carbocycles. The molecule has 0 aliphatic heterocycles. The van der Waals surface area contributed by atoms with Gasteiger partial charge in [-0.25, -0.2) is 0 Å². The Bertz CT molecular complexity index is 373. The molecule has 0 heterocycles. The highest BCUT2D eigenvalue weighted by Crippen LogP contribution is 2.26. The second kappa shape index (κ2) is 6.04. The summed E-state index contributed by atoms with van der Waals surface area (Å²) >= 11 is 5.31. The van der Waals surface area contributed by atoms with Crippen molar-refractivity contribution in [1.82, 2.24) is 0 Å². The number of benzene rings is 1. The Labute approximate surface area is 103 Å². The van der Waals surface area contributed by atoms with Crippen molar-refractivity contribution < 1.29 is 0 Å². The van der Waals surface area contributed by atoms with Crippen molar-refractivity contribution in [2.24, 2.45) is 0 Å². The van der Waals surface area contributed by atoms with Crippen molar-refractivity contribution in [2.75, 3.05) is 30.5 Å². The summed E-state index contributed by atoms with van der Waals surface area (Å²) in [6.45, 7) is 1.01. The predicted molar refractivity (Wildman–Crippen MR) is 70.5 cm³/mol. The first-order valence-electron chi connectivity index (χ1n) is 4.58. The minimum Gasteiger partial charge on any atom is -0.373 e. The van der Waals surface area contributed by atoms with E-state index in [4.69, 9.17) is 5.26 Å². The average molecular weight is 285 g/mol. The van der Waals surface area contributed by atoms with Crippen molar-refractivity contribution in [1.29, 1.82) is 5.26 Å². The second-order valence-corrected chi connectivity index (χ2v) is 5.03. The van der Waals surface area contributed by atoms with E-state index in [1.807, 2.05) is 30.0 Å². The van der Waals surface area contributed by atoms with Gasteiger partial charge >= 0.3 is 0 Å². The van der Waals surface area contributed by atoms with E-state index in [2.05, 4.69) is 40.2 Å². The van der Waals surface area contributed by atoms with Gasteiger partial charge in [0, 0.05) is 23.8 Å². The third-order valence-electron chi connectivity index (χ3n) is 2.12. The predicted octanol–water partition coefficient (Wildman–Crippen LogP) is 3.12. The summed E-state index contributed by atoms with van der Waals surface area (Å²) in [6.07, 6.45) is 2.10. The zero-order chi connectivity index (χ0) is 11.3. The lowest BCUT2D eigenvalue weighted by molar-refractivity contribution is 0.974. The summed E-state index contributed by atoms with van der Waals surface area (Å²) in [5.41, 5.74) is 1.81. The molecule has 0 N–H and O–H groups in total. The van der Waals surface area contributed by atoms with Crippen molar-refractivity contribution >= 4 is 33.4 Å². The van der Waals surface area contributed by atoms with Gasteiger partial charge in [-0.2, -0.15) is 17.0 Å². The van der Waals surface area contributed by atoms with E-state index in [9.17, 15) is 0 Å². The van der Waals surface area contributed by atoms with Crippen LogP contribution in [0, 0.1) is 11.3 Å². The van der Waals surface area contributed by atoms with Crippen LogP contribution in [0.5, 0.6) is 0 Å². The summed E-state index contributed by atoms with van der Waals surface area (Å²) in [6, 6.07) is 7.79. The van der Waals surface area contributed by atoms with Gasteiger partial charge in [0.25, 0.3) is 0 Å². The van der Waals surface area contributed by atoms with Gasteiger partial charge in [0.1, 0.15) is 0 Å². The molecule has 1 aromatic carbocycles. The molecule has 0 unspecified atom stereocenters. The molecule has 15 heavy (non-hydrogen) atoms. The number of hydrogen-bond donors (Lipinski definition) is 0. The fourth-order valence-electron chi connectivity index (χ4n) is 1.23. The van der Waals surface area contributed by atoms with Gasteiger partial charge in [0.15, 0.2) is 0 Å². The molecular formula is C11H13BrN2S. The maximum Gasteiger partial charge on any atom is 0.0992 e. The first kappa shape index (κ1) is 12.4. The van der Waals surface area contributed by atoms with E-state index in [-0.39, 0.29) is 0 Å². The van der Waals surface area contributed by atoms with Gasteiger partial charge in [0.2, 0.25) is 0 Å². The van der Waals surface area contributed by atoms with Crippen LogP contribution in [0.15, 0.2) is 22.7 Å². The highest BCUT2D eigenvalue weighted by Gasteiger charge is 2.05. The summed E-state index contributed by atoms with van der Waals surface area (Å²) in [7, 11) is 2.06. The van der Waals surface area contributed by atoms with Crippen molar-refractivity contribution in [3.8, 4) is 6.07 Å². The minimum atomic E-state index is 0.684. The molecule has 0 bridgehead atoms. The molecular weight excluding hydrogens is 272 g/mol. The Balaban J connectivity index is 2.82. The molecule has 0 fully saturated rings. The molecule has 0 aliphatic rings. The Morgan fingerprint density at radius 1 is 1.53 bits per heavy atom. The number of halogens is 1. The highest BCUT2D eigenvalue weighted by molar-refractivity contribution is 9.10. The Hall–Kier alpha value is -0.660. The standard InChI is InChI=1S/C11H13BrN2S/c1-14(5-6-15-2)11-4-3-9(8-13)7-10(11)12/h3-4,7H,5-6H2,1-2H3. The van der Waals surface area contributed by atoms with E-state index in [0.29, 0.717) is 5.56 Å². The molecule has 0 atom stereocenters. The zero-order valence-electron chi connectivity index (χ0n) is 8.83. The smallest absolute Gasteiger partial charge is 0.0992 e. The van der Waals surface area contributed by atoms with E-state index in [1.54, 1.807) is 0 Å². The summed E-state index contributed by atoms with van der Waals surface area (Å²) < 4.78 is 0.977. The van der Waals surface area contributed by atoms with E-state index < -0.39 is 0 Å². The quantitative estimate of drug-likeness (QED) is 0.850. The van der Waals surface area contributed by atoms with E-state index >= 15 is 0 Å². The minimum absolute atomic E-state index is 0.684. The average Bonchev–Trinajstić information content (AvgIpc) is 2.25. The number of nitrogens with zero attached hydrogens (tertiary/aromatic N) is 2.